The van der Waals surface area contributed by atoms with Crippen LogP contribution in [0.2, 0.25) is 0 Å². The third-order valence-corrected chi connectivity index (χ3v) is 5.21. The minimum atomic E-state index is 0.0282. The maximum Gasteiger partial charge on any atom is 0.254 e. The number of nitrogens with one attached hydrogen (secondary N) is 1. The number of ether oxygens (including phenoxy) is 1. The zero-order chi connectivity index (χ0) is 20.1. The lowest BCUT2D eigenvalue weighted by Gasteiger charge is -2.34. The minimum Gasteiger partial charge on any atom is -0.395 e. The summed E-state index contributed by atoms with van der Waals surface area (Å²) in [6.45, 7) is 4.67. The molecule has 3 aromatic rings. The zero-order valence-electron chi connectivity index (χ0n) is 16.4. The fourth-order valence-electron chi connectivity index (χ4n) is 3.60. The van der Waals surface area contributed by atoms with Gasteiger partial charge in [0, 0.05) is 38.3 Å². The van der Waals surface area contributed by atoms with E-state index >= 15 is 0 Å². The Kier molecular flexibility index (Phi) is 6.19. The lowest BCUT2D eigenvalue weighted by Crippen LogP contribution is -2.49. The molecule has 7 heteroatoms. The summed E-state index contributed by atoms with van der Waals surface area (Å²) in [6.07, 6.45) is 0. The van der Waals surface area contributed by atoms with E-state index in [0.29, 0.717) is 38.4 Å². The number of carbonyl (C=O) groups excluding carboxylic acids is 1. The Morgan fingerprint density at radius 3 is 2.62 bits per heavy atom. The first-order valence-electron chi connectivity index (χ1n) is 9.96. The molecule has 1 aromatic heterocycles. The number of β-amino-alcohol motifs (C(OH)–C–C–N with tert-alkyl or cyclic N) is 1. The van der Waals surface area contributed by atoms with Crippen molar-refractivity contribution in [1.82, 2.24) is 19.8 Å². The fourth-order valence-corrected chi connectivity index (χ4v) is 3.60. The predicted octanol–water partition coefficient (Wildman–Crippen LogP) is 2.03. The summed E-state index contributed by atoms with van der Waals surface area (Å²) >= 11 is 0. The van der Waals surface area contributed by atoms with Crippen molar-refractivity contribution >= 4 is 16.9 Å². The van der Waals surface area contributed by atoms with E-state index in [-0.39, 0.29) is 12.5 Å². The van der Waals surface area contributed by atoms with Crippen LogP contribution in [0.1, 0.15) is 21.7 Å². The SMILES string of the molecule is O=C(c1ccc2[nH]c(COCc3ccccc3)nc2c1)N1CCN(CCO)CC1. The van der Waals surface area contributed by atoms with Crippen LogP contribution in [0.3, 0.4) is 0 Å². The van der Waals surface area contributed by atoms with Crippen LogP contribution in [0.15, 0.2) is 48.5 Å². The van der Waals surface area contributed by atoms with E-state index in [1.807, 2.05) is 53.4 Å². The van der Waals surface area contributed by atoms with E-state index in [2.05, 4.69) is 14.9 Å². The Balaban J connectivity index is 1.37. The summed E-state index contributed by atoms with van der Waals surface area (Å²) in [6, 6.07) is 15.6. The van der Waals surface area contributed by atoms with Crippen molar-refractivity contribution in [1.29, 1.82) is 0 Å². The Hall–Kier alpha value is -2.74. The molecule has 152 valence electrons. The number of piperazine rings is 1. The highest BCUT2D eigenvalue weighted by Crippen LogP contribution is 2.17. The van der Waals surface area contributed by atoms with Crippen LogP contribution in [0.5, 0.6) is 0 Å². The van der Waals surface area contributed by atoms with Gasteiger partial charge >= 0.3 is 0 Å². The average molecular weight is 394 g/mol. The molecule has 29 heavy (non-hydrogen) atoms. The van der Waals surface area contributed by atoms with Gasteiger partial charge in [-0.2, -0.15) is 0 Å². The molecule has 7 nitrogen and oxygen atoms in total. The lowest BCUT2D eigenvalue weighted by atomic mass is 10.1. The van der Waals surface area contributed by atoms with Gasteiger partial charge in [-0.15, -0.1) is 0 Å². The molecular formula is C22H26N4O3. The maximum absolute atomic E-state index is 12.8. The topological polar surface area (TPSA) is 81.7 Å². The predicted molar refractivity (Wildman–Crippen MR) is 110 cm³/mol. The number of hydrogen-bond donors (Lipinski definition) is 2. The van der Waals surface area contributed by atoms with Gasteiger partial charge < -0.3 is 19.7 Å². The van der Waals surface area contributed by atoms with E-state index in [1.165, 1.54) is 0 Å². The lowest BCUT2D eigenvalue weighted by molar-refractivity contribution is 0.0615. The third kappa shape index (κ3) is 4.82. The Labute approximate surface area is 169 Å². The van der Waals surface area contributed by atoms with Crippen LogP contribution < -0.4 is 0 Å². The van der Waals surface area contributed by atoms with Crippen molar-refractivity contribution in [2.75, 3.05) is 39.3 Å². The molecule has 1 saturated heterocycles. The zero-order valence-corrected chi connectivity index (χ0v) is 16.4. The number of H-pyrrole nitrogens is 1. The van der Waals surface area contributed by atoms with Gasteiger partial charge in [0.2, 0.25) is 0 Å². The van der Waals surface area contributed by atoms with Crippen molar-refractivity contribution < 1.29 is 14.6 Å². The van der Waals surface area contributed by atoms with Crippen LogP contribution in [-0.4, -0.2) is 70.1 Å². The number of benzene rings is 2. The van der Waals surface area contributed by atoms with Crippen LogP contribution in [0.25, 0.3) is 11.0 Å². The largest absolute Gasteiger partial charge is 0.395 e. The number of aliphatic hydroxyl groups excluding tert-OH is 1. The average Bonchev–Trinajstić information content (AvgIpc) is 3.17. The van der Waals surface area contributed by atoms with Crippen molar-refractivity contribution in [3.05, 3.63) is 65.5 Å². The van der Waals surface area contributed by atoms with Gasteiger partial charge in [0.1, 0.15) is 12.4 Å². The quantitative estimate of drug-likeness (QED) is 0.641. The number of aromatic amines is 1. The molecule has 2 N–H and O–H groups in total. The van der Waals surface area contributed by atoms with Gasteiger partial charge in [-0.3, -0.25) is 9.69 Å². The highest BCUT2D eigenvalue weighted by atomic mass is 16.5. The standard InChI is InChI=1S/C22H26N4O3/c27-13-12-25-8-10-26(11-9-25)22(28)18-6-7-19-20(14-18)24-21(23-19)16-29-15-17-4-2-1-3-5-17/h1-7,14,27H,8-13,15-16H2,(H,23,24). The molecule has 2 heterocycles. The van der Waals surface area contributed by atoms with Crippen LogP contribution in [0.4, 0.5) is 0 Å². The number of fused-ring (bicyclic) bond motifs is 1. The molecule has 0 spiro atoms. The molecule has 1 amide bonds. The smallest absolute Gasteiger partial charge is 0.254 e. The Morgan fingerprint density at radius 1 is 1.07 bits per heavy atom. The maximum atomic E-state index is 12.8. The molecule has 2 aromatic carbocycles. The molecule has 1 fully saturated rings. The number of hydrogen-bond acceptors (Lipinski definition) is 5. The molecule has 0 radical (unpaired) electrons. The van der Waals surface area contributed by atoms with E-state index < -0.39 is 0 Å². The molecule has 0 bridgehead atoms. The highest BCUT2D eigenvalue weighted by Gasteiger charge is 2.22. The Bertz CT molecular complexity index is 949. The summed E-state index contributed by atoms with van der Waals surface area (Å²) in [5.41, 5.74) is 3.44. The molecule has 1 aliphatic rings. The summed E-state index contributed by atoms with van der Waals surface area (Å²) in [7, 11) is 0. The van der Waals surface area contributed by atoms with Crippen molar-refractivity contribution in [3.63, 3.8) is 0 Å². The first kappa shape index (κ1) is 19.6. The molecule has 0 atom stereocenters. The monoisotopic (exact) mass is 394 g/mol. The number of nitrogens with zero attached hydrogens (tertiary/aromatic N) is 3. The molecule has 1 aliphatic heterocycles. The Morgan fingerprint density at radius 2 is 1.86 bits per heavy atom. The van der Waals surface area contributed by atoms with Gasteiger partial charge in [-0.25, -0.2) is 4.98 Å². The number of aliphatic hydroxyl groups is 1. The number of aromatic nitrogens is 2. The fraction of sp³-hybridized carbons (Fsp3) is 0.364. The second-order valence-electron chi connectivity index (χ2n) is 7.25. The van der Waals surface area contributed by atoms with Crippen LogP contribution in [-0.2, 0) is 18.0 Å². The van der Waals surface area contributed by atoms with Gasteiger partial charge in [0.15, 0.2) is 0 Å². The highest BCUT2D eigenvalue weighted by molar-refractivity contribution is 5.97. The molecule has 0 unspecified atom stereocenters. The van der Waals surface area contributed by atoms with Gasteiger partial charge in [-0.05, 0) is 23.8 Å². The molecule has 0 aliphatic carbocycles. The summed E-state index contributed by atoms with van der Waals surface area (Å²) in [5, 5.41) is 9.05. The summed E-state index contributed by atoms with van der Waals surface area (Å²) in [5.74, 6) is 0.776. The van der Waals surface area contributed by atoms with Gasteiger partial charge in [-0.1, -0.05) is 30.3 Å². The van der Waals surface area contributed by atoms with E-state index in [0.717, 1.165) is 35.5 Å². The summed E-state index contributed by atoms with van der Waals surface area (Å²) < 4.78 is 5.75. The van der Waals surface area contributed by atoms with Gasteiger partial charge in [0.25, 0.3) is 5.91 Å². The van der Waals surface area contributed by atoms with Crippen molar-refractivity contribution in [2.45, 2.75) is 13.2 Å². The van der Waals surface area contributed by atoms with Gasteiger partial charge in [0.05, 0.1) is 24.2 Å². The van der Waals surface area contributed by atoms with Crippen LogP contribution in [0, 0.1) is 0 Å². The van der Waals surface area contributed by atoms with E-state index in [9.17, 15) is 4.79 Å². The minimum absolute atomic E-state index is 0.0282. The first-order chi connectivity index (χ1) is 14.2. The van der Waals surface area contributed by atoms with E-state index in [1.54, 1.807) is 0 Å². The van der Waals surface area contributed by atoms with Crippen molar-refractivity contribution in [2.24, 2.45) is 0 Å². The van der Waals surface area contributed by atoms with E-state index in [4.69, 9.17) is 9.84 Å². The number of rotatable bonds is 7. The number of amides is 1. The number of carbonyl (C=O) groups is 1. The van der Waals surface area contributed by atoms with Crippen molar-refractivity contribution in [3.8, 4) is 0 Å². The first-order valence-corrected chi connectivity index (χ1v) is 9.96. The third-order valence-electron chi connectivity index (χ3n) is 5.21. The number of imidazole rings is 1. The summed E-state index contributed by atoms with van der Waals surface area (Å²) in [4.78, 5) is 24.7. The second kappa shape index (κ2) is 9.17. The second-order valence-corrected chi connectivity index (χ2v) is 7.25. The normalized spacial score (nSPS) is 15.1. The molecular weight excluding hydrogens is 368 g/mol. The van der Waals surface area contributed by atoms with Crippen LogP contribution >= 0.6 is 0 Å². The molecule has 0 saturated carbocycles. The molecule has 4 rings (SSSR count).